The summed E-state index contributed by atoms with van der Waals surface area (Å²) < 4.78 is 0. The maximum absolute atomic E-state index is 11.7. The Labute approximate surface area is 111 Å². The number of aromatic nitrogens is 1. The van der Waals surface area contributed by atoms with Gasteiger partial charge in [-0.1, -0.05) is 19.9 Å². The van der Waals surface area contributed by atoms with Crippen LogP contribution >= 0.6 is 0 Å². The summed E-state index contributed by atoms with van der Waals surface area (Å²) in [6.07, 6.45) is 1.83. The molecule has 1 heterocycles. The average Bonchev–Trinajstić information content (AvgIpc) is 2.83. The summed E-state index contributed by atoms with van der Waals surface area (Å²) in [5.74, 6) is -0.946. The number of hydrogen-bond donors (Lipinski definition) is 3. The average molecular weight is 259 g/mol. The van der Waals surface area contributed by atoms with Gasteiger partial charge in [-0.15, -0.1) is 0 Å². The SMILES string of the molecule is CC(C)CNC(=O)C(=O)Nc1ccc2cc[nH]c2c1. The quantitative estimate of drug-likeness (QED) is 0.736. The van der Waals surface area contributed by atoms with Gasteiger partial charge in [0.25, 0.3) is 0 Å². The summed E-state index contributed by atoms with van der Waals surface area (Å²) in [6.45, 7) is 4.43. The summed E-state index contributed by atoms with van der Waals surface area (Å²) in [7, 11) is 0. The van der Waals surface area contributed by atoms with Gasteiger partial charge in [0.2, 0.25) is 0 Å². The predicted octanol–water partition coefficient (Wildman–Crippen LogP) is 1.88. The maximum Gasteiger partial charge on any atom is 0.313 e. The van der Waals surface area contributed by atoms with E-state index in [1.165, 1.54) is 0 Å². The van der Waals surface area contributed by atoms with E-state index >= 15 is 0 Å². The fourth-order valence-corrected chi connectivity index (χ4v) is 1.69. The van der Waals surface area contributed by atoms with Crippen molar-refractivity contribution in [3.63, 3.8) is 0 Å². The van der Waals surface area contributed by atoms with Crippen LogP contribution in [0.4, 0.5) is 5.69 Å². The van der Waals surface area contributed by atoms with Crippen molar-refractivity contribution in [2.24, 2.45) is 5.92 Å². The van der Waals surface area contributed by atoms with E-state index in [4.69, 9.17) is 0 Å². The van der Waals surface area contributed by atoms with E-state index in [9.17, 15) is 9.59 Å². The fraction of sp³-hybridized carbons (Fsp3) is 0.286. The molecule has 0 aliphatic heterocycles. The van der Waals surface area contributed by atoms with Gasteiger partial charge in [0.05, 0.1) is 0 Å². The molecule has 19 heavy (non-hydrogen) atoms. The standard InChI is InChI=1S/C14H17N3O2/c1-9(2)8-16-13(18)14(19)17-11-4-3-10-5-6-15-12(10)7-11/h3-7,9,15H,8H2,1-2H3,(H,16,18)(H,17,19). The number of anilines is 1. The van der Waals surface area contributed by atoms with Crippen molar-refractivity contribution in [1.82, 2.24) is 10.3 Å². The molecule has 3 N–H and O–H groups in total. The zero-order valence-electron chi connectivity index (χ0n) is 11.0. The molecule has 0 unspecified atom stereocenters. The first-order valence-electron chi connectivity index (χ1n) is 6.22. The summed E-state index contributed by atoms with van der Waals surface area (Å²) in [6, 6.07) is 7.39. The van der Waals surface area contributed by atoms with Crippen LogP contribution in [-0.4, -0.2) is 23.3 Å². The largest absolute Gasteiger partial charge is 0.361 e. The van der Waals surface area contributed by atoms with Crippen LogP contribution in [0.15, 0.2) is 30.5 Å². The summed E-state index contributed by atoms with van der Waals surface area (Å²) in [5.41, 5.74) is 1.51. The molecule has 1 aromatic heterocycles. The second kappa shape index (κ2) is 5.56. The highest BCUT2D eigenvalue weighted by molar-refractivity contribution is 6.39. The van der Waals surface area contributed by atoms with Crippen molar-refractivity contribution < 1.29 is 9.59 Å². The van der Waals surface area contributed by atoms with E-state index in [1.807, 2.05) is 32.2 Å². The molecule has 5 nitrogen and oxygen atoms in total. The van der Waals surface area contributed by atoms with Crippen LogP contribution in [0.1, 0.15) is 13.8 Å². The normalized spacial score (nSPS) is 10.7. The number of benzene rings is 1. The van der Waals surface area contributed by atoms with E-state index in [2.05, 4.69) is 15.6 Å². The van der Waals surface area contributed by atoms with Crippen LogP contribution in [-0.2, 0) is 9.59 Å². The maximum atomic E-state index is 11.7. The predicted molar refractivity (Wildman–Crippen MR) is 74.8 cm³/mol. The van der Waals surface area contributed by atoms with Gasteiger partial charge in [0.1, 0.15) is 0 Å². The molecule has 100 valence electrons. The lowest BCUT2D eigenvalue weighted by Crippen LogP contribution is -2.37. The van der Waals surface area contributed by atoms with Crippen LogP contribution in [0.5, 0.6) is 0 Å². The van der Waals surface area contributed by atoms with Crippen molar-refractivity contribution in [1.29, 1.82) is 0 Å². The van der Waals surface area contributed by atoms with Crippen LogP contribution in [0.2, 0.25) is 0 Å². The second-order valence-corrected chi connectivity index (χ2v) is 4.84. The van der Waals surface area contributed by atoms with Crippen molar-refractivity contribution in [3.05, 3.63) is 30.5 Å². The Kier molecular flexibility index (Phi) is 3.85. The second-order valence-electron chi connectivity index (χ2n) is 4.84. The van der Waals surface area contributed by atoms with Crippen molar-refractivity contribution >= 4 is 28.4 Å². The van der Waals surface area contributed by atoms with Gasteiger partial charge in [-0.05, 0) is 29.5 Å². The molecule has 2 amide bonds. The summed E-state index contributed by atoms with van der Waals surface area (Å²) in [4.78, 5) is 26.3. The van der Waals surface area contributed by atoms with E-state index in [-0.39, 0.29) is 0 Å². The molecule has 2 rings (SSSR count). The molecule has 5 heteroatoms. The molecule has 0 radical (unpaired) electrons. The fourth-order valence-electron chi connectivity index (χ4n) is 1.69. The first-order valence-corrected chi connectivity index (χ1v) is 6.22. The minimum absolute atomic E-state index is 0.312. The van der Waals surface area contributed by atoms with Gasteiger partial charge in [-0.2, -0.15) is 0 Å². The van der Waals surface area contributed by atoms with Crippen LogP contribution < -0.4 is 10.6 Å². The summed E-state index contributed by atoms with van der Waals surface area (Å²) in [5, 5.41) is 6.21. The Hall–Kier alpha value is -2.30. The van der Waals surface area contributed by atoms with Gasteiger partial charge in [-0.25, -0.2) is 0 Å². The number of fused-ring (bicyclic) bond motifs is 1. The van der Waals surface area contributed by atoms with E-state index < -0.39 is 11.8 Å². The number of carbonyl (C=O) groups is 2. The Balaban J connectivity index is 1.99. The molecule has 0 saturated carbocycles. The third-order valence-corrected chi connectivity index (χ3v) is 2.69. The highest BCUT2D eigenvalue weighted by Crippen LogP contribution is 2.17. The minimum atomic E-state index is -0.647. The molecule has 0 fully saturated rings. The minimum Gasteiger partial charge on any atom is -0.361 e. The first kappa shape index (κ1) is 13.1. The Bertz CT molecular complexity index is 602. The van der Waals surface area contributed by atoms with Gasteiger partial charge >= 0.3 is 11.8 Å². The third-order valence-electron chi connectivity index (χ3n) is 2.69. The zero-order valence-corrected chi connectivity index (χ0v) is 11.0. The van der Waals surface area contributed by atoms with Crippen LogP contribution in [0.25, 0.3) is 10.9 Å². The molecule has 0 atom stereocenters. The molecule has 2 aromatic rings. The Morgan fingerprint density at radius 3 is 2.74 bits per heavy atom. The van der Waals surface area contributed by atoms with E-state index in [1.54, 1.807) is 12.1 Å². The highest BCUT2D eigenvalue weighted by Gasteiger charge is 2.13. The lowest BCUT2D eigenvalue weighted by atomic mass is 10.2. The smallest absolute Gasteiger partial charge is 0.313 e. The zero-order chi connectivity index (χ0) is 13.8. The lowest BCUT2D eigenvalue weighted by molar-refractivity contribution is -0.136. The van der Waals surface area contributed by atoms with Crippen LogP contribution in [0, 0.1) is 5.92 Å². The molecule has 1 aromatic carbocycles. The number of amides is 2. The molecule has 0 saturated heterocycles. The topological polar surface area (TPSA) is 74.0 Å². The van der Waals surface area contributed by atoms with Crippen molar-refractivity contribution in [3.8, 4) is 0 Å². The monoisotopic (exact) mass is 259 g/mol. The number of aromatic amines is 1. The van der Waals surface area contributed by atoms with Crippen molar-refractivity contribution in [2.75, 3.05) is 11.9 Å². The van der Waals surface area contributed by atoms with E-state index in [0.717, 1.165) is 10.9 Å². The van der Waals surface area contributed by atoms with Crippen molar-refractivity contribution in [2.45, 2.75) is 13.8 Å². The number of H-pyrrole nitrogens is 1. The number of rotatable bonds is 3. The Morgan fingerprint density at radius 2 is 2.00 bits per heavy atom. The molecule has 0 aliphatic rings. The number of nitrogens with one attached hydrogen (secondary N) is 3. The lowest BCUT2D eigenvalue weighted by Gasteiger charge is -2.08. The van der Waals surface area contributed by atoms with Gasteiger partial charge in [-0.3, -0.25) is 9.59 Å². The molecular weight excluding hydrogens is 242 g/mol. The number of hydrogen-bond acceptors (Lipinski definition) is 2. The highest BCUT2D eigenvalue weighted by atomic mass is 16.2. The Morgan fingerprint density at radius 1 is 1.21 bits per heavy atom. The van der Waals surface area contributed by atoms with Gasteiger partial charge < -0.3 is 15.6 Å². The first-order chi connectivity index (χ1) is 9.06. The molecule has 0 bridgehead atoms. The van der Waals surface area contributed by atoms with E-state index in [0.29, 0.717) is 18.2 Å². The number of carbonyl (C=O) groups excluding carboxylic acids is 2. The van der Waals surface area contributed by atoms with Gasteiger partial charge in [0.15, 0.2) is 0 Å². The third kappa shape index (κ3) is 3.34. The van der Waals surface area contributed by atoms with Crippen LogP contribution in [0.3, 0.4) is 0 Å². The summed E-state index contributed by atoms with van der Waals surface area (Å²) >= 11 is 0. The molecular formula is C14H17N3O2. The molecule has 0 spiro atoms. The molecule has 0 aliphatic carbocycles. The van der Waals surface area contributed by atoms with Gasteiger partial charge in [0, 0.05) is 23.9 Å².